The molecule has 5 aromatic rings. The van der Waals surface area contributed by atoms with E-state index in [1.807, 2.05) is 66.7 Å². The largest absolute Gasteiger partial charge is 0.353 e. The molecule has 0 aliphatic carbocycles. The second kappa shape index (κ2) is 9.25. The second-order valence-electron chi connectivity index (χ2n) is 8.17. The summed E-state index contributed by atoms with van der Waals surface area (Å²) in [4.78, 5) is 20.6. The molecule has 0 aliphatic heterocycles. The van der Waals surface area contributed by atoms with Crippen LogP contribution in [0.25, 0.3) is 33.2 Å². The summed E-state index contributed by atoms with van der Waals surface area (Å²) in [6, 6.07) is 26.6. The molecule has 0 atom stereocenters. The van der Waals surface area contributed by atoms with E-state index in [9.17, 15) is 9.18 Å². The molecule has 5 rings (SSSR count). The molecule has 0 unspecified atom stereocenters. The molecule has 3 aromatic carbocycles. The Bertz CT molecular complexity index is 1430. The van der Waals surface area contributed by atoms with E-state index in [1.54, 1.807) is 12.1 Å². The molecule has 0 aliphatic rings. The number of aryl methyl sites for hydroxylation is 1. The Hall–Kier alpha value is -3.99. The highest BCUT2D eigenvalue weighted by molar-refractivity contribution is 5.91. The first-order valence-corrected chi connectivity index (χ1v) is 11.1. The third-order valence-electron chi connectivity index (χ3n) is 5.89. The van der Waals surface area contributed by atoms with Crippen LogP contribution in [0.1, 0.15) is 24.0 Å². The standard InChI is InChI=1S/C28H24FN3O/c29-21-14-16-25-23(17-21)22(10-6-12-27(33)30-18-19-7-2-1-3-8-19)28(32-25)26-15-13-20-9-4-5-11-24(20)31-26/h1-5,7-9,11,13-17,32H,6,10,12,18H2,(H,30,33). The molecular weight excluding hydrogens is 413 g/mol. The number of para-hydroxylation sites is 1. The lowest BCUT2D eigenvalue weighted by atomic mass is 10.0. The first-order valence-electron chi connectivity index (χ1n) is 11.1. The molecule has 0 radical (unpaired) electrons. The van der Waals surface area contributed by atoms with Crippen LogP contribution in [-0.4, -0.2) is 15.9 Å². The van der Waals surface area contributed by atoms with Crippen LogP contribution in [0, 0.1) is 5.82 Å². The van der Waals surface area contributed by atoms with Crippen molar-refractivity contribution < 1.29 is 9.18 Å². The number of amides is 1. The maximum absolute atomic E-state index is 14.1. The fourth-order valence-electron chi connectivity index (χ4n) is 4.21. The number of benzene rings is 3. The summed E-state index contributed by atoms with van der Waals surface area (Å²) >= 11 is 0. The quantitative estimate of drug-likeness (QED) is 0.320. The first kappa shape index (κ1) is 20.9. The van der Waals surface area contributed by atoms with Gasteiger partial charge in [0.25, 0.3) is 0 Å². The minimum Gasteiger partial charge on any atom is -0.353 e. The maximum atomic E-state index is 14.1. The van der Waals surface area contributed by atoms with Crippen molar-refractivity contribution in [3.63, 3.8) is 0 Å². The van der Waals surface area contributed by atoms with Crippen molar-refractivity contribution in [1.82, 2.24) is 15.3 Å². The molecule has 0 spiro atoms. The molecule has 2 aromatic heterocycles. The average molecular weight is 438 g/mol. The van der Waals surface area contributed by atoms with Crippen LogP contribution in [0.2, 0.25) is 0 Å². The summed E-state index contributed by atoms with van der Waals surface area (Å²) < 4.78 is 14.1. The zero-order valence-electron chi connectivity index (χ0n) is 18.1. The summed E-state index contributed by atoms with van der Waals surface area (Å²) in [7, 11) is 0. The van der Waals surface area contributed by atoms with Gasteiger partial charge in [-0.15, -0.1) is 0 Å². The highest BCUT2D eigenvalue weighted by atomic mass is 19.1. The lowest BCUT2D eigenvalue weighted by molar-refractivity contribution is -0.121. The van der Waals surface area contributed by atoms with E-state index < -0.39 is 0 Å². The van der Waals surface area contributed by atoms with E-state index in [2.05, 4.69) is 10.3 Å². The Balaban J connectivity index is 1.37. The van der Waals surface area contributed by atoms with E-state index in [0.29, 0.717) is 25.8 Å². The Morgan fingerprint density at radius 2 is 1.76 bits per heavy atom. The minimum absolute atomic E-state index is 0.00950. The Morgan fingerprint density at radius 3 is 2.64 bits per heavy atom. The maximum Gasteiger partial charge on any atom is 0.220 e. The Labute approximate surface area is 191 Å². The molecule has 5 heteroatoms. The van der Waals surface area contributed by atoms with Crippen molar-refractivity contribution in [2.45, 2.75) is 25.8 Å². The second-order valence-corrected chi connectivity index (χ2v) is 8.17. The molecule has 0 saturated carbocycles. The van der Waals surface area contributed by atoms with Crippen LogP contribution in [0.4, 0.5) is 4.39 Å². The summed E-state index contributed by atoms with van der Waals surface area (Å²) in [5.74, 6) is -0.267. The number of pyridine rings is 1. The number of hydrogen-bond acceptors (Lipinski definition) is 2. The van der Waals surface area contributed by atoms with E-state index in [0.717, 1.165) is 44.3 Å². The summed E-state index contributed by atoms with van der Waals surface area (Å²) in [5, 5.41) is 4.88. The van der Waals surface area contributed by atoms with Crippen molar-refractivity contribution in [2.24, 2.45) is 0 Å². The zero-order chi connectivity index (χ0) is 22.6. The number of halogens is 1. The average Bonchev–Trinajstić information content (AvgIpc) is 3.20. The van der Waals surface area contributed by atoms with Crippen LogP contribution < -0.4 is 5.32 Å². The van der Waals surface area contributed by atoms with Gasteiger partial charge < -0.3 is 10.3 Å². The Morgan fingerprint density at radius 1 is 0.939 bits per heavy atom. The number of aromatic amines is 1. The van der Waals surface area contributed by atoms with Gasteiger partial charge in [-0.2, -0.15) is 0 Å². The lowest BCUT2D eigenvalue weighted by Crippen LogP contribution is -2.22. The lowest BCUT2D eigenvalue weighted by Gasteiger charge is -2.08. The normalized spacial score (nSPS) is 11.2. The van der Waals surface area contributed by atoms with E-state index >= 15 is 0 Å². The van der Waals surface area contributed by atoms with Gasteiger partial charge in [-0.05, 0) is 54.3 Å². The predicted octanol–water partition coefficient (Wildman–Crippen LogP) is 6.16. The number of carbonyl (C=O) groups excluding carboxylic acids is 1. The zero-order valence-corrected chi connectivity index (χ0v) is 18.1. The number of hydrogen-bond donors (Lipinski definition) is 2. The number of aromatic nitrogens is 2. The van der Waals surface area contributed by atoms with E-state index in [1.165, 1.54) is 6.07 Å². The van der Waals surface area contributed by atoms with Gasteiger partial charge in [-0.3, -0.25) is 4.79 Å². The first-order chi connectivity index (χ1) is 16.2. The van der Waals surface area contributed by atoms with E-state index in [4.69, 9.17) is 4.98 Å². The minimum atomic E-state index is -0.277. The molecule has 33 heavy (non-hydrogen) atoms. The third kappa shape index (κ3) is 4.62. The third-order valence-corrected chi connectivity index (χ3v) is 5.89. The molecule has 0 saturated heterocycles. The van der Waals surface area contributed by atoms with Gasteiger partial charge in [0, 0.05) is 29.3 Å². The number of rotatable bonds is 7. The summed E-state index contributed by atoms with van der Waals surface area (Å²) in [6.07, 6.45) is 1.70. The molecule has 164 valence electrons. The monoisotopic (exact) mass is 437 g/mol. The number of H-pyrrole nitrogens is 1. The number of fused-ring (bicyclic) bond motifs is 2. The fraction of sp³-hybridized carbons (Fsp3) is 0.143. The molecule has 1 amide bonds. The van der Waals surface area contributed by atoms with Crippen molar-refractivity contribution >= 4 is 27.7 Å². The molecule has 0 bridgehead atoms. The van der Waals surface area contributed by atoms with Gasteiger partial charge >= 0.3 is 0 Å². The van der Waals surface area contributed by atoms with Gasteiger partial charge in [0.15, 0.2) is 0 Å². The van der Waals surface area contributed by atoms with Crippen LogP contribution in [-0.2, 0) is 17.8 Å². The summed E-state index contributed by atoms with van der Waals surface area (Å²) in [5.41, 5.74) is 5.53. The highest BCUT2D eigenvalue weighted by Gasteiger charge is 2.16. The van der Waals surface area contributed by atoms with Crippen LogP contribution in [0.3, 0.4) is 0 Å². The van der Waals surface area contributed by atoms with Crippen molar-refractivity contribution in [2.75, 3.05) is 0 Å². The molecular formula is C28H24FN3O. The Kier molecular flexibility index (Phi) is 5.85. The van der Waals surface area contributed by atoms with E-state index in [-0.39, 0.29) is 11.7 Å². The molecule has 0 fully saturated rings. The van der Waals surface area contributed by atoms with Gasteiger partial charge in [-0.1, -0.05) is 54.6 Å². The van der Waals surface area contributed by atoms with Crippen LogP contribution in [0.5, 0.6) is 0 Å². The SMILES string of the molecule is O=C(CCCc1c(-c2ccc3ccccc3n2)[nH]c2ccc(F)cc12)NCc1ccccc1. The molecule has 4 nitrogen and oxygen atoms in total. The fourth-order valence-corrected chi connectivity index (χ4v) is 4.21. The topological polar surface area (TPSA) is 57.8 Å². The van der Waals surface area contributed by atoms with Gasteiger partial charge in [0.1, 0.15) is 5.82 Å². The van der Waals surface area contributed by atoms with Gasteiger partial charge in [0.2, 0.25) is 5.91 Å². The van der Waals surface area contributed by atoms with Crippen molar-refractivity contribution in [1.29, 1.82) is 0 Å². The van der Waals surface area contributed by atoms with Gasteiger partial charge in [-0.25, -0.2) is 9.37 Å². The molecule has 2 heterocycles. The van der Waals surface area contributed by atoms with Crippen LogP contribution in [0.15, 0.2) is 84.9 Å². The number of nitrogens with zero attached hydrogens (tertiary/aromatic N) is 1. The molecule has 2 N–H and O–H groups in total. The summed E-state index contributed by atoms with van der Waals surface area (Å²) in [6.45, 7) is 0.518. The van der Waals surface area contributed by atoms with Crippen molar-refractivity contribution in [3.05, 3.63) is 102 Å². The van der Waals surface area contributed by atoms with Crippen molar-refractivity contribution in [3.8, 4) is 11.4 Å². The number of nitrogens with one attached hydrogen (secondary N) is 2. The predicted molar refractivity (Wildman–Crippen MR) is 130 cm³/mol. The highest BCUT2D eigenvalue weighted by Crippen LogP contribution is 2.32. The smallest absolute Gasteiger partial charge is 0.220 e. The van der Waals surface area contributed by atoms with Crippen LogP contribution >= 0.6 is 0 Å². The van der Waals surface area contributed by atoms with Gasteiger partial charge in [0.05, 0.1) is 16.9 Å². The number of carbonyl (C=O) groups is 1.